The molecule has 1 saturated carbocycles. The highest BCUT2D eigenvalue weighted by molar-refractivity contribution is 5.81. The molecule has 0 radical (unpaired) electrons. The van der Waals surface area contributed by atoms with Crippen LogP contribution in [0, 0.1) is 11.8 Å². The second-order valence-corrected chi connectivity index (χ2v) is 4.93. The molecule has 0 saturated heterocycles. The van der Waals surface area contributed by atoms with Crippen LogP contribution >= 0.6 is 0 Å². The fourth-order valence-electron chi connectivity index (χ4n) is 1.88. The molecular weight excluding hydrogens is 174 g/mol. The van der Waals surface area contributed by atoms with Crippen molar-refractivity contribution in [2.24, 2.45) is 17.6 Å². The lowest BCUT2D eigenvalue weighted by atomic mass is 9.94. The van der Waals surface area contributed by atoms with E-state index in [0.717, 1.165) is 12.3 Å². The highest BCUT2D eigenvalue weighted by Crippen LogP contribution is 2.34. The summed E-state index contributed by atoms with van der Waals surface area (Å²) in [5.74, 6) is 1.76. The first-order valence-corrected chi connectivity index (χ1v) is 5.85. The Bertz CT molecular complexity index is 187. The third-order valence-corrected chi connectivity index (χ3v) is 3.18. The topological polar surface area (TPSA) is 43.1 Å². The monoisotopic (exact) mass is 197 g/mol. The summed E-state index contributed by atoms with van der Waals surface area (Å²) < 4.78 is 0. The van der Waals surface area contributed by atoms with Gasteiger partial charge < -0.3 is 5.73 Å². The molecule has 2 atom stereocenters. The Kier molecular flexibility index (Phi) is 4.59. The summed E-state index contributed by atoms with van der Waals surface area (Å²) in [4.78, 5) is 10.9. The van der Waals surface area contributed by atoms with Crippen LogP contribution in [-0.2, 0) is 4.79 Å². The molecule has 14 heavy (non-hydrogen) atoms. The Balaban J connectivity index is 2.01. The van der Waals surface area contributed by atoms with Crippen molar-refractivity contribution in [2.45, 2.75) is 58.4 Å². The van der Waals surface area contributed by atoms with Crippen LogP contribution in [0.1, 0.15) is 52.4 Å². The summed E-state index contributed by atoms with van der Waals surface area (Å²) in [6, 6.07) is -0.231. The molecule has 0 bridgehead atoms. The van der Waals surface area contributed by atoms with Gasteiger partial charge in [-0.2, -0.15) is 0 Å². The zero-order valence-electron chi connectivity index (χ0n) is 9.46. The zero-order chi connectivity index (χ0) is 10.6. The smallest absolute Gasteiger partial charge is 0.146 e. The molecule has 2 unspecified atom stereocenters. The zero-order valence-corrected chi connectivity index (χ0v) is 9.46. The van der Waals surface area contributed by atoms with Gasteiger partial charge in [0.1, 0.15) is 5.78 Å². The molecule has 1 fully saturated rings. The molecular formula is C12H23NO. The Labute approximate surface area is 87.2 Å². The van der Waals surface area contributed by atoms with Gasteiger partial charge in [-0.15, -0.1) is 0 Å². The summed E-state index contributed by atoms with van der Waals surface area (Å²) >= 11 is 0. The molecule has 0 aliphatic heterocycles. The first-order chi connectivity index (χ1) is 6.59. The standard InChI is InChI=1S/C12H23NO/c1-9(8-12(13)10(2)14)4-3-5-11-6-7-11/h9,11-12H,3-8,13H2,1-2H3. The lowest BCUT2D eigenvalue weighted by molar-refractivity contribution is -0.118. The van der Waals surface area contributed by atoms with Gasteiger partial charge in [-0.1, -0.05) is 39.0 Å². The van der Waals surface area contributed by atoms with Crippen molar-refractivity contribution in [1.29, 1.82) is 0 Å². The van der Waals surface area contributed by atoms with Crippen molar-refractivity contribution in [1.82, 2.24) is 0 Å². The SMILES string of the molecule is CC(=O)C(N)CC(C)CCCC1CC1. The van der Waals surface area contributed by atoms with Crippen LogP contribution in [0.3, 0.4) is 0 Å². The van der Waals surface area contributed by atoms with E-state index >= 15 is 0 Å². The maximum Gasteiger partial charge on any atom is 0.146 e. The van der Waals surface area contributed by atoms with Crippen LogP contribution in [0.25, 0.3) is 0 Å². The molecule has 82 valence electrons. The number of carbonyl (C=O) groups excluding carboxylic acids is 1. The minimum Gasteiger partial charge on any atom is -0.322 e. The molecule has 2 heteroatoms. The third-order valence-electron chi connectivity index (χ3n) is 3.18. The number of hydrogen-bond acceptors (Lipinski definition) is 2. The fourth-order valence-corrected chi connectivity index (χ4v) is 1.88. The van der Waals surface area contributed by atoms with E-state index in [0.29, 0.717) is 5.92 Å². The van der Waals surface area contributed by atoms with E-state index in [9.17, 15) is 4.79 Å². The van der Waals surface area contributed by atoms with Gasteiger partial charge in [0.15, 0.2) is 0 Å². The first kappa shape index (κ1) is 11.7. The van der Waals surface area contributed by atoms with Gasteiger partial charge in [0.25, 0.3) is 0 Å². The van der Waals surface area contributed by atoms with Crippen molar-refractivity contribution in [3.05, 3.63) is 0 Å². The molecule has 0 aromatic carbocycles. The van der Waals surface area contributed by atoms with Crippen LogP contribution in [-0.4, -0.2) is 11.8 Å². The quantitative estimate of drug-likeness (QED) is 0.681. The van der Waals surface area contributed by atoms with Gasteiger partial charge >= 0.3 is 0 Å². The Morgan fingerprint density at radius 2 is 2.14 bits per heavy atom. The Morgan fingerprint density at radius 3 is 2.64 bits per heavy atom. The summed E-state index contributed by atoms with van der Waals surface area (Å²) in [7, 11) is 0. The normalized spacial score (nSPS) is 20.5. The van der Waals surface area contributed by atoms with Crippen molar-refractivity contribution in [3.63, 3.8) is 0 Å². The van der Waals surface area contributed by atoms with Gasteiger partial charge in [-0.05, 0) is 25.2 Å². The average molecular weight is 197 g/mol. The molecule has 1 aliphatic carbocycles. The van der Waals surface area contributed by atoms with Crippen LogP contribution in [0.4, 0.5) is 0 Å². The predicted molar refractivity (Wildman–Crippen MR) is 59.0 cm³/mol. The second kappa shape index (κ2) is 5.50. The van der Waals surface area contributed by atoms with Gasteiger partial charge in [0, 0.05) is 0 Å². The van der Waals surface area contributed by atoms with Gasteiger partial charge in [0.05, 0.1) is 6.04 Å². The lowest BCUT2D eigenvalue weighted by Gasteiger charge is -2.14. The largest absolute Gasteiger partial charge is 0.322 e. The summed E-state index contributed by atoms with van der Waals surface area (Å²) in [5.41, 5.74) is 5.71. The first-order valence-electron chi connectivity index (χ1n) is 5.85. The molecule has 0 aromatic heterocycles. The molecule has 2 nitrogen and oxygen atoms in total. The summed E-state index contributed by atoms with van der Waals surface area (Å²) in [6.07, 6.45) is 7.69. The lowest BCUT2D eigenvalue weighted by Crippen LogP contribution is -2.30. The van der Waals surface area contributed by atoms with Crippen molar-refractivity contribution in [3.8, 4) is 0 Å². The highest BCUT2D eigenvalue weighted by Gasteiger charge is 2.21. The van der Waals surface area contributed by atoms with E-state index in [-0.39, 0.29) is 11.8 Å². The number of ketones is 1. The molecule has 0 spiro atoms. The third kappa shape index (κ3) is 4.75. The average Bonchev–Trinajstić information content (AvgIpc) is 2.87. The van der Waals surface area contributed by atoms with E-state index < -0.39 is 0 Å². The van der Waals surface area contributed by atoms with Gasteiger partial charge in [-0.25, -0.2) is 0 Å². The maximum atomic E-state index is 10.9. The fraction of sp³-hybridized carbons (Fsp3) is 0.917. The summed E-state index contributed by atoms with van der Waals surface area (Å²) in [5, 5.41) is 0. The molecule has 1 rings (SSSR count). The van der Waals surface area contributed by atoms with E-state index in [1.807, 2.05) is 0 Å². The highest BCUT2D eigenvalue weighted by atomic mass is 16.1. The van der Waals surface area contributed by atoms with Crippen LogP contribution in [0.15, 0.2) is 0 Å². The van der Waals surface area contributed by atoms with E-state index in [4.69, 9.17) is 5.73 Å². The van der Waals surface area contributed by atoms with Crippen LogP contribution < -0.4 is 5.73 Å². The molecule has 1 aliphatic rings. The number of carbonyl (C=O) groups is 1. The predicted octanol–water partition coefficient (Wildman–Crippen LogP) is 2.51. The van der Waals surface area contributed by atoms with Crippen molar-refractivity contribution in [2.75, 3.05) is 0 Å². The van der Waals surface area contributed by atoms with Crippen molar-refractivity contribution < 1.29 is 4.79 Å². The minimum atomic E-state index is -0.231. The van der Waals surface area contributed by atoms with Gasteiger partial charge in [0.2, 0.25) is 0 Å². The van der Waals surface area contributed by atoms with Gasteiger partial charge in [-0.3, -0.25) is 4.79 Å². The van der Waals surface area contributed by atoms with E-state index in [2.05, 4.69) is 6.92 Å². The molecule has 0 heterocycles. The van der Waals surface area contributed by atoms with E-state index in [1.54, 1.807) is 6.92 Å². The number of rotatable bonds is 7. The Hall–Kier alpha value is -0.370. The number of nitrogens with two attached hydrogens (primary N) is 1. The van der Waals surface area contributed by atoms with Crippen molar-refractivity contribution >= 4 is 5.78 Å². The van der Waals surface area contributed by atoms with Crippen LogP contribution in [0.2, 0.25) is 0 Å². The molecule has 2 N–H and O–H groups in total. The maximum absolute atomic E-state index is 10.9. The number of Topliss-reactive ketones (excluding diaryl/α,β-unsaturated/α-hetero) is 1. The summed E-state index contributed by atoms with van der Waals surface area (Å²) in [6.45, 7) is 3.79. The number of hydrogen-bond donors (Lipinski definition) is 1. The Morgan fingerprint density at radius 1 is 1.50 bits per heavy atom. The molecule has 0 amide bonds. The minimum absolute atomic E-state index is 0.124. The van der Waals surface area contributed by atoms with Crippen LogP contribution in [0.5, 0.6) is 0 Å². The van der Waals surface area contributed by atoms with E-state index in [1.165, 1.54) is 32.1 Å². The molecule has 0 aromatic rings. The second-order valence-electron chi connectivity index (χ2n) is 4.93.